The van der Waals surface area contributed by atoms with Crippen molar-refractivity contribution >= 4 is 23.2 Å². The summed E-state index contributed by atoms with van der Waals surface area (Å²) < 4.78 is 0. The number of carboxylic acid groups (broad SMARTS) is 1. The molecule has 0 spiro atoms. The third-order valence-corrected chi connectivity index (χ3v) is 2.98. The van der Waals surface area contributed by atoms with Crippen molar-refractivity contribution in [3.63, 3.8) is 0 Å². The fourth-order valence-electron chi connectivity index (χ4n) is 1.75. The normalized spacial score (nSPS) is 12.0. The fraction of sp³-hybridized carbons (Fsp3) is 0.0588. The van der Waals surface area contributed by atoms with Crippen LogP contribution in [0.1, 0.15) is 11.1 Å². The molecule has 0 aliphatic heterocycles. The lowest BCUT2D eigenvalue weighted by atomic mass is 10.1. The second-order valence-corrected chi connectivity index (χ2v) is 4.73. The Labute approximate surface area is 132 Å². The Morgan fingerprint density at radius 3 is 2.09 bits per heavy atom. The van der Waals surface area contributed by atoms with Crippen molar-refractivity contribution in [2.24, 2.45) is 10.2 Å². The van der Waals surface area contributed by atoms with Crippen molar-refractivity contribution < 1.29 is 19.8 Å². The number of benzene rings is 2. The van der Waals surface area contributed by atoms with Gasteiger partial charge in [-0.15, -0.1) is 5.11 Å². The molecule has 2 N–H and O–H groups in total. The van der Waals surface area contributed by atoms with Crippen LogP contribution in [0.15, 0.2) is 70.5 Å². The lowest BCUT2D eigenvalue weighted by molar-refractivity contribution is -0.147. The van der Waals surface area contributed by atoms with Gasteiger partial charge in [0.1, 0.15) is 0 Å². The van der Waals surface area contributed by atoms with E-state index in [2.05, 4.69) is 10.2 Å². The summed E-state index contributed by atoms with van der Waals surface area (Å²) in [5.41, 5.74) is 1.05. The minimum atomic E-state index is -1.72. The number of hydrogen-bond acceptors (Lipinski definition) is 5. The smallest absolute Gasteiger partial charge is 0.379 e. The van der Waals surface area contributed by atoms with Gasteiger partial charge in [-0.3, -0.25) is 4.79 Å². The van der Waals surface area contributed by atoms with Crippen molar-refractivity contribution in [3.8, 4) is 0 Å². The van der Waals surface area contributed by atoms with Crippen molar-refractivity contribution in [1.82, 2.24) is 0 Å². The molecule has 0 saturated carbocycles. The van der Waals surface area contributed by atoms with Crippen LogP contribution in [0.25, 0.3) is 5.76 Å². The van der Waals surface area contributed by atoms with Gasteiger partial charge in [0.15, 0.2) is 11.5 Å². The van der Waals surface area contributed by atoms with E-state index in [4.69, 9.17) is 5.11 Å². The summed E-state index contributed by atoms with van der Waals surface area (Å²) in [4.78, 5) is 22.7. The molecule has 0 unspecified atom stereocenters. The number of ketones is 1. The molecule has 0 atom stereocenters. The first-order valence-electron chi connectivity index (χ1n) is 6.73. The van der Waals surface area contributed by atoms with Crippen LogP contribution in [-0.2, 0) is 9.59 Å². The van der Waals surface area contributed by atoms with Gasteiger partial charge >= 0.3 is 5.97 Å². The fourth-order valence-corrected chi connectivity index (χ4v) is 1.75. The molecule has 2 rings (SSSR count). The van der Waals surface area contributed by atoms with Crippen LogP contribution in [-0.4, -0.2) is 22.0 Å². The molecular formula is C17H14N2O4. The Morgan fingerprint density at radius 1 is 0.913 bits per heavy atom. The molecule has 0 aliphatic rings. The number of aliphatic hydroxyl groups is 1. The maximum absolute atomic E-state index is 11.8. The van der Waals surface area contributed by atoms with E-state index in [0.29, 0.717) is 5.69 Å². The zero-order valence-corrected chi connectivity index (χ0v) is 12.3. The first kappa shape index (κ1) is 16.1. The minimum Gasteiger partial charge on any atom is -0.505 e. The van der Waals surface area contributed by atoms with Crippen LogP contribution in [0.4, 0.5) is 5.69 Å². The van der Waals surface area contributed by atoms with Crippen molar-refractivity contribution in [1.29, 1.82) is 0 Å². The van der Waals surface area contributed by atoms with Crippen molar-refractivity contribution in [3.05, 3.63) is 71.4 Å². The average molecular weight is 310 g/mol. The topological polar surface area (TPSA) is 99.3 Å². The van der Waals surface area contributed by atoms with Gasteiger partial charge in [-0.1, -0.05) is 48.0 Å². The third-order valence-electron chi connectivity index (χ3n) is 2.98. The SMILES string of the molecule is Cc1ccc(/C(O)=C(\N=Nc2ccccc2)C(=O)C(=O)O)cc1. The number of aliphatic hydroxyl groups excluding tert-OH is 1. The monoisotopic (exact) mass is 310 g/mol. The van der Waals surface area contributed by atoms with Gasteiger partial charge in [0.25, 0.3) is 5.78 Å². The molecule has 6 nitrogen and oxygen atoms in total. The second kappa shape index (κ2) is 7.13. The molecule has 0 bridgehead atoms. The number of carbonyl (C=O) groups excluding carboxylic acids is 1. The zero-order chi connectivity index (χ0) is 16.8. The second-order valence-electron chi connectivity index (χ2n) is 4.73. The van der Waals surface area contributed by atoms with Crippen LogP contribution in [0.5, 0.6) is 0 Å². The van der Waals surface area contributed by atoms with Crippen LogP contribution in [0.3, 0.4) is 0 Å². The highest BCUT2D eigenvalue weighted by atomic mass is 16.4. The molecule has 23 heavy (non-hydrogen) atoms. The summed E-state index contributed by atoms with van der Waals surface area (Å²) in [5, 5.41) is 26.5. The molecular weight excluding hydrogens is 296 g/mol. The van der Waals surface area contributed by atoms with Gasteiger partial charge in [-0.05, 0) is 19.1 Å². The Kier molecular flexibility index (Phi) is 4.99. The molecule has 0 heterocycles. The highest BCUT2D eigenvalue weighted by Crippen LogP contribution is 2.21. The van der Waals surface area contributed by atoms with E-state index >= 15 is 0 Å². The van der Waals surface area contributed by atoms with E-state index < -0.39 is 23.2 Å². The number of rotatable bonds is 5. The molecule has 0 aromatic heterocycles. The van der Waals surface area contributed by atoms with E-state index in [1.54, 1.807) is 54.6 Å². The Balaban J connectivity index is 2.47. The highest BCUT2D eigenvalue weighted by molar-refractivity contribution is 6.40. The van der Waals surface area contributed by atoms with E-state index in [9.17, 15) is 14.7 Å². The largest absolute Gasteiger partial charge is 0.505 e. The lowest BCUT2D eigenvalue weighted by Crippen LogP contribution is -2.15. The maximum atomic E-state index is 11.8. The number of Topliss-reactive ketones (excluding diaryl/α,β-unsaturated/α-hetero) is 1. The van der Waals surface area contributed by atoms with E-state index in [1.807, 2.05) is 6.92 Å². The van der Waals surface area contributed by atoms with Gasteiger partial charge in [0, 0.05) is 5.56 Å². The van der Waals surface area contributed by atoms with E-state index in [1.165, 1.54) is 0 Å². The standard InChI is InChI=1S/C17H14N2O4/c1-11-7-9-12(10-8-11)15(20)14(16(21)17(22)23)19-18-13-5-3-2-4-6-13/h2-10,20H,1H3,(H,22,23)/b15-14+,19-18?. The van der Waals surface area contributed by atoms with Gasteiger partial charge in [-0.25, -0.2) is 4.79 Å². The first-order chi connectivity index (χ1) is 11.0. The Bertz CT molecular complexity index is 778. The van der Waals surface area contributed by atoms with Gasteiger partial charge < -0.3 is 10.2 Å². The molecule has 0 radical (unpaired) electrons. The predicted octanol–water partition coefficient (Wildman–Crippen LogP) is 3.66. The first-order valence-corrected chi connectivity index (χ1v) is 6.73. The summed E-state index contributed by atoms with van der Waals surface area (Å²) in [7, 11) is 0. The van der Waals surface area contributed by atoms with Crippen molar-refractivity contribution in [2.45, 2.75) is 6.92 Å². The van der Waals surface area contributed by atoms with Gasteiger partial charge in [0.05, 0.1) is 5.69 Å². The van der Waals surface area contributed by atoms with Crippen molar-refractivity contribution in [2.75, 3.05) is 0 Å². The van der Waals surface area contributed by atoms with Gasteiger partial charge in [0.2, 0.25) is 0 Å². The molecule has 0 amide bonds. The maximum Gasteiger partial charge on any atom is 0.379 e. The molecule has 0 saturated heterocycles. The Hall–Kier alpha value is -3.28. The number of aliphatic carboxylic acids is 1. The summed E-state index contributed by atoms with van der Waals surface area (Å²) >= 11 is 0. The number of hydrogen-bond donors (Lipinski definition) is 2. The third kappa shape index (κ3) is 4.10. The molecule has 0 fully saturated rings. The number of carbonyl (C=O) groups is 2. The van der Waals surface area contributed by atoms with Crippen LogP contribution in [0.2, 0.25) is 0 Å². The van der Waals surface area contributed by atoms with E-state index in [0.717, 1.165) is 5.56 Å². The lowest BCUT2D eigenvalue weighted by Gasteiger charge is -2.04. The predicted molar refractivity (Wildman–Crippen MR) is 84.3 cm³/mol. The zero-order valence-electron chi connectivity index (χ0n) is 12.3. The summed E-state index contributed by atoms with van der Waals surface area (Å²) in [6, 6.07) is 15.1. The quantitative estimate of drug-likeness (QED) is 0.381. The Morgan fingerprint density at radius 2 is 1.52 bits per heavy atom. The number of carboxylic acids is 1. The molecule has 6 heteroatoms. The number of azo groups is 1. The molecule has 2 aromatic carbocycles. The van der Waals surface area contributed by atoms with E-state index in [-0.39, 0.29) is 5.56 Å². The highest BCUT2D eigenvalue weighted by Gasteiger charge is 2.23. The van der Waals surface area contributed by atoms with Crippen LogP contribution < -0.4 is 0 Å². The number of nitrogens with zero attached hydrogens (tertiary/aromatic N) is 2. The minimum absolute atomic E-state index is 0.284. The van der Waals surface area contributed by atoms with Crippen LogP contribution >= 0.6 is 0 Å². The summed E-state index contributed by atoms with van der Waals surface area (Å²) in [5.74, 6) is -3.58. The summed E-state index contributed by atoms with van der Waals surface area (Å²) in [6.07, 6.45) is 0. The summed E-state index contributed by atoms with van der Waals surface area (Å²) in [6.45, 7) is 1.86. The molecule has 2 aromatic rings. The van der Waals surface area contributed by atoms with Gasteiger partial charge in [-0.2, -0.15) is 5.11 Å². The molecule has 0 aliphatic carbocycles. The van der Waals surface area contributed by atoms with Crippen LogP contribution in [0, 0.1) is 6.92 Å². The molecule has 116 valence electrons. The number of aryl methyl sites for hydroxylation is 1. The average Bonchev–Trinajstić information content (AvgIpc) is 2.56.